The standard InChI is InChI=1S/C14H15ClN2O3S3/c1-14(4-5-23(19,20)8-14)17-12(18)7-21-13-16-10-6-9(15)2-3-11(10)22-13/h2-3,6H,4-5,7-8H2,1H3,(H,17,18)/t14-/m0/s1. The van der Waals surface area contributed by atoms with E-state index in [1.165, 1.54) is 23.1 Å². The van der Waals surface area contributed by atoms with Crippen LogP contribution in [0, 0.1) is 0 Å². The van der Waals surface area contributed by atoms with Crippen molar-refractivity contribution in [3.63, 3.8) is 0 Å². The van der Waals surface area contributed by atoms with Crippen LogP contribution in [0.25, 0.3) is 10.2 Å². The van der Waals surface area contributed by atoms with Gasteiger partial charge < -0.3 is 5.32 Å². The lowest BCUT2D eigenvalue weighted by Gasteiger charge is -2.23. The predicted molar refractivity (Wildman–Crippen MR) is 95.2 cm³/mol. The third-order valence-electron chi connectivity index (χ3n) is 3.60. The lowest BCUT2D eigenvalue weighted by atomic mass is 10.0. The summed E-state index contributed by atoms with van der Waals surface area (Å²) in [6.45, 7) is 1.78. The van der Waals surface area contributed by atoms with Gasteiger partial charge >= 0.3 is 0 Å². The zero-order chi connectivity index (χ0) is 16.7. The van der Waals surface area contributed by atoms with Crippen LogP contribution in [-0.2, 0) is 14.6 Å². The second-order valence-electron chi connectivity index (χ2n) is 5.83. The van der Waals surface area contributed by atoms with Crippen LogP contribution in [0.3, 0.4) is 0 Å². The molecule has 0 bridgehead atoms. The highest BCUT2D eigenvalue weighted by molar-refractivity contribution is 8.01. The highest BCUT2D eigenvalue weighted by Gasteiger charge is 2.39. The van der Waals surface area contributed by atoms with Gasteiger partial charge in [-0.1, -0.05) is 23.4 Å². The van der Waals surface area contributed by atoms with Gasteiger partial charge in [-0.3, -0.25) is 4.79 Å². The summed E-state index contributed by atoms with van der Waals surface area (Å²) in [5.74, 6) is 0.182. The molecule has 1 N–H and O–H groups in total. The molecular weight excluding hydrogens is 376 g/mol. The number of hydrogen-bond donors (Lipinski definition) is 1. The first-order valence-corrected chi connectivity index (χ1v) is 11.0. The Morgan fingerprint density at radius 2 is 2.30 bits per heavy atom. The number of halogens is 1. The maximum absolute atomic E-state index is 12.1. The van der Waals surface area contributed by atoms with Crippen molar-refractivity contribution in [2.24, 2.45) is 0 Å². The van der Waals surface area contributed by atoms with Gasteiger partial charge in [0.15, 0.2) is 14.2 Å². The Morgan fingerprint density at radius 3 is 3.00 bits per heavy atom. The van der Waals surface area contributed by atoms with Crippen molar-refractivity contribution < 1.29 is 13.2 Å². The van der Waals surface area contributed by atoms with Gasteiger partial charge in [0.05, 0.1) is 33.0 Å². The minimum absolute atomic E-state index is 0.00996. The van der Waals surface area contributed by atoms with Gasteiger partial charge in [0.1, 0.15) is 0 Å². The zero-order valence-corrected chi connectivity index (χ0v) is 15.5. The average Bonchev–Trinajstić information content (AvgIpc) is 2.96. The van der Waals surface area contributed by atoms with E-state index in [-0.39, 0.29) is 23.2 Å². The number of carbonyl (C=O) groups excluding carboxylic acids is 1. The van der Waals surface area contributed by atoms with E-state index in [2.05, 4.69) is 10.3 Å². The van der Waals surface area contributed by atoms with E-state index in [1.807, 2.05) is 12.1 Å². The Kier molecular flexibility index (Phi) is 4.61. The summed E-state index contributed by atoms with van der Waals surface area (Å²) in [6, 6.07) is 5.51. The molecule has 1 saturated heterocycles. The first-order valence-electron chi connectivity index (χ1n) is 6.95. The van der Waals surface area contributed by atoms with Crippen LogP contribution in [0.4, 0.5) is 0 Å². The number of amides is 1. The Bertz CT molecular complexity index is 865. The summed E-state index contributed by atoms with van der Waals surface area (Å²) >= 11 is 8.79. The van der Waals surface area contributed by atoms with Gasteiger partial charge in [0.2, 0.25) is 5.91 Å². The van der Waals surface area contributed by atoms with Crippen LogP contribution in [0.15, 0.2) is 22.5 Å². The number of nitrogens with one attached hydrogen (secondary N) is 1. The van der Waals surface area contributed by atoms with Crippen LogP contribution >= 0.6 is 34.7 Å². The lowest BCUT2D eigenvalue weighted by molar-refractivity contribution is -0.120. The van der Waals surface area contributed by atoms with Gasteiger partial charge in [-0.25, -0.2) is 13.4 Å². The molecule has 1 aliphatic heterocycles. The summed E-state index contributed by atoms with van der Waals surface area (Å²) in [7, 11) is -3.03. The monoisotopic (exact) mass is 390 g/mol. The maximum Gasteiger partial charge on any atom is 0.230 e. The molecule has 1 atom stereocenters. The second kappa shape index (κ2) is 6.23. The molecule has 2 heterocycles. The Labute approximate surface area is 147 Å². The van der Waals surface area contributed by atoms with E-state index < -0.39 is 15.4 Å². The number of aromatic nitrogens is 1. The summed E-state index contributed by atoms with van der Waals surface area (Å²) in [4.78, 5) is 16.5. The van der Waals surface area contributed by atoms with Crippen molar-refractivity contribution in [1.82, 2.24) is 10.3 Å². The van der Waals surface area contributed by atoms with Crippen LogP contribution < -0.4 is 5.32 Å². The van der Waals surface area contributed by atoms with Gasteiger partial charge in [0, 0.05) is 5.02 Å². The number of sulfone groups is 1. The highest BCUT2D eigenvalue weighted by Crippen LogP contribution is 2.31. The van der Waals surface area contributed by atoms with Crippen LogP contribution in [-0.4, -0.2) is 42.1 Å². The molecule has 1 aromatic carbocycles. The number of nitrogens with zero attached hydrogens (tertiary/aromatic N) is 1. The van der Waals surface area contributed by atoms with Crippen LogP contribution in [0.1, 0.15) is 13.3 Å². The van der Waals surface area contributed by atoms with Gasteiger partial charge in [-0.05, 0) is 31.5 Å². The minimum atomic E-state index is -3.03. The van der Waals surface area contributed by atoms with E-state index in [9.17, 15) is 13.2 Å². The van der Waals surface area contributed by atoms with Crippen molar-refractivity contribution in [1.29, 1.82) is 0 Å². The predicted octanol–water partition coefficient (Wildman–Crippen LogP) is 2.74. The van der Waals surface area contributed by atoms with Crippen LogP contribution in [0.2, 0.25) is 5.02 Å². The van der Waals surface area contributed by atoms with Gasteiger partial charge in [0.25, 0.3) is 0 Å². The van der Waals surface area contributed by atoms with Crippen molar-refractivity contribution in [2.45, 2.75) is 23.2 Å². The maximum atomic E-state index is 12.1. The molecule has 0 saturated carbocycles. The molecule has 0 spiro atoms. The van der Waals surface area contributed by atoms with Crippen LogP contribution in [0.5, 0.6) is 0 Å². The number of thiazole rings is 1. The van der Waals surface area contributed by atoms with Crippen molar-refractivity contribution in [2.75, 3.05) is 17.3 Å². The van der Waals surface area contributed by atoms with E-state index in [0.29, 0.717) is 11.4 Å². The molecule has 9 heteroatoms. The number of fused-ring (bicyclic) bond motifs is 1. The number of carbonyl (C=O) groups is 1. The molecule has 0 unspecified atom stereocenters. The van der Waals surface area contributed by atoms with Crippen molar-refractivity contribution in [3.8, 4) is 0 Å². The van der Waals surface area contributed by atoms with Crippen molar-refractivity contribution in [3.05, 3.63) is 23.2 Å². The summed E-state index contributed by atoms with van der Waals surface area (Å²) < 4.78 is 24.9. The van der Waals surface area contributed by atoms with Gasteiger partial charge in [-0.15, -0.1) is 11.3 Å². The van der Waals surface area contributed by atoms with E-state index >= 15 is 0 Å². The smallest absolute Gasteiger partial charge is 0.230 e. The first-order chi connectivity index (χ1) is 10.7. The molecule has 1 amide bonds. The van der Waals surface area contributed by atoms with E-state index in [4.69, 9.17) is 11.6 Å². The zero-order valence-electron chi connectivity index (χ0n) is 12.3. The third-order valence-corrected chi connectivity index (χ3v) is 7.92. The van der Waals surface area contributed by atoms with Crippen molar-refractivity contribution >= 4 is 60.7 Å². The number of rotatable bonds is 4. The molecule has 23 heavy (non-hydrogen) atoms. The number of benzene rings is 1. The molecule has 5 nitrogen and oxygen atoms in total. The molecule has 1 aliphatic rings. The molecule has 1 fully saturated rings. The lowest BCUT2D eigenvalue weighted by Crippen LogP contribution is -2.47. The molecule has 0 aliphatic carbocycles. The number of hydrogen-bond acceptors (Lipinski definition) is 6. The third kappa shape index (κ3) is 4.17. The fraction of sp³-hybridized carbons (Fsp3) is 0.429. The molecule has 3 rings (SSSR count). The molecule has 0 radical (unpaired) electrons. The summed E-state index contributed by atoms with van der Waals surface area (Å²) in [5, 5.41) is 3.47. The van der Waals surface area contributed by atoms with E-state index in [1.54, 1.807) is 13.0 Å². The Morgan fingerprint density at radius 1 is 1.52 bits per heavy atom. The molecule has 2 aromatic rings. The Hall–Kier alpha value is -0.830. The fourth-order valence-electron chi connectivity index (χ4n) is 2.55. The normalized spacial score (nSPS) is 23.2. The fourth-order valence-corrected chi connectivity index (χ4v) is 6.66. The Balaban J connectivity index is 1.60. The largest absolute Gasteiger partial charge is 0.349 e. The summed E-state index contributed by atoms with van der Waals surface area (Å²) in [5.41, 5.74) is 0.164. The SMILES string of the molecule is C[C@]1(NC(=O)CSc2nc3cc(Cl)ccc3s2)CCS(=O)(=O)C1. The molecular formula is C14H15ClN2O3S3. The highest BCUT2D eigenvalue weighted by atomic mass is 35.5. The average molecular weight is 391 g/mol. The number of thioether (sulfide) groups is 1. The minimum Gasteiger partial charge on any atom is -0.349 e. The quantitative estimate of drug-likeness (QED) is 0.812. The second-order valence-corrected chi connectivity index (χ2v) is 10.7. The summed E-state index contributed by atoms with van der Waals surface area (Å²) in [6.07, 6.45) is 0.464. The first kappa shape index (κ1) is 17.0. The molecule has 124 valence electrons. The van der Waals surface area contributed by atoms with Gasteiger partial charge in [-0.2, -0.15) is 0 Å². The molecule has 1 aromatic heterocycles. The van der Waals surface area contributed by atoms with E-state index in [0.717, 1.165) is 14.6 Å². The topological polar surface area (TPSA) is 76.1 Å².